The Bertz CT molecular complexity index is 1030. The van der Waals surface area contributed by atoms with Crippen LogP contribution in [0.15, 0.2) is 60.1 Å². The molecule has 0 unspecified atom stereocenters. The molecule has 0 aliphatic carbocycles. The molecule has 0 N–H and O–H groups in total. The minimum atomic E-state index is -3.73. The van der Waals surface area contributed by atoms with Gasteiger partial charge in [0.2, 0.25) is 10.0 Å². The predicted octanol–water partition coefficient (Wildman–Crippen LogP) is 4.64. The van der Waals surface area contributed by atoms with Gasteiger partial charge in [-0.25, -0.2) is 8.42 Å². The lowest BCUT2D eigenvalue weighted by atomic mass is 10.2. The summed E-state index contributed by atoms with van der Waals surface area (Å²) in [6.07, 6.45) is 3.26. The zero-order chi connectivity index (χ0) is 18.0. The Morgan fingerprint density at radius 2 is 2.12 bits per heavy atom. The van der Waals surface area contributed by atoms with Crippen LogP contribution in [0.25, 0.3) is 10.9 Å². The minimum Gasteiger partial charge on any atom is -0.255 e. The molecule has 2 aromatic heterocycles. The highest BCUT2D eigenvalue weighted by Crippen LogP contribution is 2.28. The maximum atomic E-state index is 13.2. The maximum Gasteiger partial charge on any atom is 0.245 e. The number of aromatic nitrogens is 1. The van der Waals surface area contributed by atoms with Crippen molar-refractivity contribution in [3.63, 3.8) is 0 Å². The molecule has 1 aromatic carbocycles. The quantitative estimate of drug-likeness (QED) is 0.574. The molecule has 2 heterocycles. The summed E-state index contributed by atoms with van der Waals surface area (Å²) in [4.78, 5) is 5.43. The number of pyridine rings is 1. The van der Waals surface area contributed by atoms with Crippen LogP contribution >= 0.6 is 22.9 Å². The lowest BCUT2D eigenvalue weighted by molar-refractivity contribution is 0.442. The number of para-hydroxylation sites is 1. The molecule has 0 spiro atoms. The van der Waals surface area contributed by atoms with Crippen LogP contribution in [-0.2, 0) is 16.6 Å². The summed E-state index contributed by atoms with van der Waals surface area (Å²) in [5.41, 5.74) is 1.46. The topological polar surface area (TPSA) is 50.3 Å². The minimum absolute atomic E-state index is 0.203. The van der Waals surface area contributed by atoms with E-state index in [4.69, 9.17) is 11.6 Å². The van der Waals surface area contributed by atoms with E-state index in [-0.39, 0.29) is 18.0 Å². The Balaban J connectivity index is 2.07. The van der Waals surface area contributed by atoms with Crippen LogP contribution in [0.2, 0.25) is 4.34 Å². The summed E-state index contributed by atoms with van der Waals surface area (Å²) in [7, 11) is -3.73. The number of aryl methyl sites for hydroxylation is 1. The van der Waals surface area contributed by atoms with Gasteiger partial charge < -0.3 is 0 Å². The van der Waals surface area contributed by atoms with Gasteiger partial charge in [-0.1, -0.05) is 29.8 Å². The van der Waals surface area contributed by atoms with Crippen LogP contribution < -0.4 is 0 Å². The molecule has 4 nitrogen and oxygen atoms in total. The SMILES string of the molecule is C=CCN(Cc1ccc(Cl)s1)S(=O)(=O)c1cccc2cc(C)cnc12. The van der Waals surface area contributed by atoms with Crippen molar-refractivity contribution in [3.05, 3.63) is 70.0 Å². The van der Waals surface area contributed by atoms with Crippen molar-refractivity contribution in [2.45, 2.75) is 18.4 Å². The highest BCUT2D eigenvalue weighted by Gasteiger charge is 2.26. The second kappa shape index (κ2) is 7.25. The normalized spacial score (nSPS) is 12.0. The number of hydrogen-bond acceptors (Lipinski definition) is 4. The average molecular weight is 393 g/mol. The molecule has 0 aliphatic heterocycles. The highest BCUT2D eigenvalue weighted by atomic mass is 35.5. The number of sulfonamides is 1. The molecule has 0 amide bonds. The van der Waals surface area contributed by atoms with Crippen LogP contribution in [0.1, 0.15) is 10.4 Å². The van der Waals surface area contributed by atoms with E-state index in [9.17, 15) is 8.42 Å². The third-order valence-corrected chi connectivity index (χ3v) is 6.78. The fraction of sp³-hybridized carbons (Fsp3) is 0.167. The van der Waals surface area contributed by atoms with Gasteiger partial charge in [-0.05, 0) is 36.8 Å². The van der Waals surface area contributed by atoms with Crippen molar-refractivity contribution >= 4 is 43.9 Å². The predicted molar refractivity (Wildman–Crippen MR) is 104 cm³/mol. The van der Waals surface area contributed by atoms with E-state index < -0.39 is 10.0 Å². The van der Waals surface area contributed by atoms with Crippen LogP contribution in [0, 0.1) is 6.92 Å². The Hall–Kier alpha value is -1.73. The van der Waals surface area contributed by atoms with Gasteiger partial charge >= 0.3 is 0 Å². The van der Waals surface area contributed by atoms with Crippen LogP contribution in [-0.4, -0.2) is 24.3 Å². The number of thiophene rings is 1. The molecular weight excluding hydrogens is 376 g/mol. The molecular formula is C18H17ClN2O2S2. The van der Waals surface area contributed by atoms with Crippen molar-refractivity contribution in [1.82, 2.24) is 9.29 Å². The van der Waals surface area contributed by atoms with Crippen LogP contribution in [0.5, 0.6) is 0 Å². The van der Waals surface area contributed by atoms with E-state index in [1.165, 1.54) is 15.6 Å². The van der Waals surface area contributed by atoms with Gasteiger partial charge in [0, 0.05) is 29.5 Å². The number of halogens is 1. The summed E-state index contributed by atoms with van der Waals surface area (Å²) in [6, 6.07) is 10.7. The first kappa shape index (κ1) is 18.1. The van der Waals surface area contributed by atoms with Gasteiger partial charge in [0.1, 0.15) is 4.90 Å². The molecule has 0 bridgehead atoms. The third kappa shape index (κ3) is 3.77. The van der Waals surface area contributed by atoms with E-state index >= 15 is 0 Å². The molecule has 0 fully saturated rings. The molecule has 3 aromatic rings. The maximum absolute atomic E-state index is 13.2. The first-order chi connectivity index (χ1) is 11.9. The molecule has 3 rings (SSSR count). The Kier molecular flexibility index (Phi) is 5.24. The van der Waals surface area contributed by atoms with E-state index in [2.05, 4.69) is 11.6 Å². The number of fused-ring (bicyclic) bond motifs is 1. The van der Waals surface area contributed by atoms with Gasteiger partial charge in [-0.2, -0.15) is 4.31 Å². The van der Waals surface area contributed by atoms with Crippen molar-refractivity contribution < 1.29 is 8.42 Å². The fourth-order valence-electron chi connectivity index (χ4n) is 2.59. The van der Waals surface area contributed by atoms with E-state index in [0.29, 0.717) is 9.85 Å². The summed E-state index contributed by atoms with van der Waals surface area (Å²) in [5, 5.41) is 0.804. The van der Waals surface area contributed by atoms with Crippen molar-refractivity contribution in [1.29, 1.82) is 0 Å². The number of nitrogens with zero attached hydrogens (tertiary/aromatic N) is 2. The van der Waals surface area contributed by atoms with Gasteiger partial charge in [0.25, 0.3) is 0 Å². The average Bonchev–Trinajstić information content (AvgIpc) is 2.98. The Labute approximate surface area is 156 Å². The molecule has 0 aliphatic rings. The van der Waals surface area contributed by atoms with Crippen LogP contribution in [0.4, 0.5) is 0 Å². The zero-order valence-electron chi connectivity index (χ0n) is 13.6. The standard InChI is InChI=1S/C18H17ClN2O2S2/c1-3-9-21(12-15-7-8-17(19)24-15)25(22,23)16-6-4-5-14-10-13(2)11-20-18(14)16/h3-8,10-11H,1,9,12H2,2H3. The lowest BCUT2D eigenvalue weighted by Gasteiger charge is -2.20. The van der Waals surface area contributed by atoms with Gasteiger partial charge in [-0.3, -0.25) is 4.98 Å². The largest absolute Gasteiger partial charge is 0.255 e. The summed E-state index contributed by atoms with van der Waals surface area (Å²) >= 11 is 7.33. The lowest BCUT2D eigenvalue weighted by Crippen LogP contribution is -2.30. The molecule has 0 saturated heterocycles. The second-order valence-electron chi connectivity index (χ2n) is 5.63. The van der Waals surface area contributed by atoms with Crippen molar-refractivity contribution in [3.8, 4) is 0 Å². The molecule has 130 valence electrons. The third-order valence-electron chi connectivity index (χ3n) is 3.72. The Morgan fingerprint density at radius 3 is 2.80 bits per heavy atom. The number of benzene rings is 1. The molecule has 0 saturated carbocycles. The van der Waals surface area contributed by atoms with Gasteiger partial charge in [0.15, 0.2) is 0 Å². The van der Waals surface area contributed by atoms with E-state index in [1.807, 2.05) is 25.1 Å². The summed E-state index contributed by atoms with van der Waals surface area (Å²) in [6.45, 7) is 6.07. The Morgan fingerprint density at radius 1 is 1.32 bits per heavy atom. The number of hydrogen-bond donors (Lipinski definition) is 0. The zero-order valence-corrected chi connectivity index (χ0v) is 16.0. The molecule has 7 heteroatoms. The smallest absolute Gasteiger partial charge is 0.245 e. The van der Waals surface area contributed by atoms with E-state index in [1.54, 1.807) is 30.5 Å². The first-order valence-electron chi connectivity index (χ1n) is 7.62. The van der Waals surface area contributed by atoms with Crippen molar-refractivity contribution in [2.24, 2.45) is 0 Å². The molecule has 0 atom stereocenters. The number of rotatable bonds is 6. The van der Waals surface area contributed by atoms with E-state index in [0.717, 1.165) is 15.8 Å². The first-order valence-corrected chi connectivity index (χ1v) is 10.3. The second-order valence-corrected chi connectivity index (χ2v) is 9.34. The summed E-state index contributed by atoms with van der Waals surface area (Å²) < 4.78 is 28.5. The highest BCUT2D eigenvalue weighted by molar-refractivity contribution is 7.89. The van der Waals surface area contributed by atoms with Crippen molar-refractivity contribution in [2.75, 3.05) is 6.54 Å². The molecule has 25 heavy (non-hydrogen) atoms. The van der Waals surface area contributed by atoms with Gasteiger partial charge in [0.05, 0.1) is 9.85 Å². The fourth-order valence-corrected chi connectivity index (χ4v) is 5.33. The monoisotopic (exact) mass is 392 g/mol. The van der Waals surface area contributed by atoms with Gasteiger partial charge in [-0.15, -0.1) is 17.9 Å². The van der Waals surface area contributed by atoms with Crippen LogP contribution in [0.3, 0.4) is 0 Å². The summed E-state index contributed by atoms with van der Waals surface area (Å²) in [5.74, 6) is 0. The molecule has 0 radical (unpaired) electrons.